The molecule has 0 radical (unpaired) electrons. The summed E-state index contributed by atoms with van der Waals surface area (Å²) in [6.45, 7) is 4.89. The first kappa shape index (κ1) is 14.9. The molecule has 4 nitrogen and oxygen atoms in total. The van der Waals surface area contributed by atoms with Crippen LogP contribution in [0.1, 0.15) is 43.5 Å². The van der Waals surface area contributed by atoms with E-state index in [1.165, 1.54) is 0 Å². The van der Waals surface area contributed by atoms with Gasteiger partial charge in [0.1, 0.15) is 0 Å². The normalized spacial score (nSPS) is 19.2. The SMILES string of the molecule is CC(C)Nc1ccccc1C(=O)N1CCCCC1CO. The molecule has 0 saturated carbocycles. The van der Waals surface area contributed by atoms with Crippen LogP contribution in [0.15, 0.2) is 24.3 Å². The van der Waals surface area contributed by atoms with E-state index in [2.05, 4.69) is 19.2 Å². The third kappa shape index (κ3) is 3.31. The van der Waals surface area contributed by atoms with E-state index in [-0.39, 0.29) is 24.6 Å². The minimum Gasteiger partial charge on any atom is -0.394 e. The van der Waals surface area contributed by atoms with Gasteiger partial charge in [-0.25, -0.2) is 0 Å². The summed E-state index contributed by atoms with van der Waals surface area (Å²) in [5, 5.41) is 12.8. The van der Waals surface area contributed by atoms with Crippen molar-refractivity contribution >= 4 is 11.6 Å². The Morgan fingerprint density at radius 2 is 2.15 bits per heavy atom. The van der Waals surface area contributed by atoms with E-state index in [4.69, 9.17) is 0 Å². The van der Waals surface area contributed by atoms with Crippen LogP contribution in [0.2, 0.25) is 0 Å². The van der Waals surface area contributed by atoms with Gasteiger partial charge in [0.2, 0.25) is 0 Å². The summed E-state index contributed by atoms with van der Waals surface area (Å²) in [5.74, 6) is 0.0208. The van der Waals surface area contributed by atoms with Crippen LogP contribution in [-0.2, 0) is 0 Å². The first-order chi connectivity index (χ1) is 9.63. The molecule has 0 aliphatic carbocycles. The molecular weight excluding hydrogens is 252 g/mol. The van der Waals surface area contributed by atoms with E-state index in [0.717, 1.165) is 31.5 Å². The monoisotopic (exact) mass is 276 g/mol. The van der Waals surface area contributed by atoms with E-state index in [9.17, 15) is 9.90 Å². The van der Waals surface area contributed by atoms with Crippen LogP contribution in [0.4, 0.5) is 5.69 Å². The van der Waals surface area contributed by atoms with Crippen molar-refractivity contribution < 1.29 is 9.90 Å². The summed E-state index contributed by atoms with van der Waals surface area (Å²) in [6.07, 6.45) is 2.99. The Kier molecular flexibility index (Phi) is 5.01. The number of nitrogens with one attached hydrogen (secondary N) is 1. The minimum absolute atomic E-state index is 0.0208. The third-order valence-electron chi connectivity index (χ3n) is 3.70. The highest BCUT2D eigenvalue weighted by molar-refractivity contribution is 5.99. The van der Waals surface area contributed by atoms with Gasteiger partial charge in [0.05, 0.1) is 18.2 Å². The Bertz CT molecular complexity index is 460. The maximum atomic E-state index is 12.7. The number of nitrogens with zero attached hydrogens (tertiary/aromatic N) is 1. The number of likely N-dealkylation sites (tertiary alicyclic amines) is 1. The van der Waals surface area contributed by atoms with Crippen molar-refractivity contribution in [1.82, 2.24) is 4.90 Å². The molecule has 1 aromatic rings. The first-order valence-corrected chi connectivity index (χ1v) is 7.41. The quantitative estimate of drug-likeness (QED) is 0.888. The summed E-state index contributed by atoms with van der Waals surface area (Å²) in [6, 6.07) is 7.85. The number of aliphatic hydroxyl groups excluding tert-OH is 1. The average molecular weight is 276 g/mol. The molecular formula is C16H24N2O2. The molecule has 20 heavy (non-hydrogen) atoms. The molecule has 1 aliphatic rings. The van der Waals surface area contributed by atoms with E-state index >= 15 is 0 Å². The molecule has 1 saturated heterocycles. The molecule has 0 spiro atoms. The maximum Gasteiger partial charge on any atom is 0.256 e. The van der Waals surface area contributed by atoms with Crippen LogP contribution >= 0.6 is 0 Å². The van der Waals surface area contributed by atoms with E-state index in [1.54, 1.807) is 0 Å². The number of para-hydroxylation sites is 1. The Labute approximate surface area is 120 Å². The lowest BCUT2D eigenvalue weighted by molar-refractivity contribution is 0.0504. The molecule has 1 fully saturated rings. The fourth-order valence-electron chi connectivity index (χ4n) is 2.72. The van der Waals surface area contributed by atoms with Crippen LogP contribution in [0, 0.1) is 0 Å². The van der Waals surface area contributed by atoms with Crippen molar-refractivity contribution in [2.45, 2.75) is 45.2 Å². The maximum absolute atomic E-state index is 12.7. The molecule has 1 heterocycles. The number of piperidine rings is 1. The number of carbonyl (C=O) groups is 1. The lowest BCUT2D eigenvalue weighted by Gasteiger charge is -2.35. The summed E-state index contributed by atoms with van der Waals surface area (Å²) >= 11 is 0. The van der Waals surface area contributed by atoms with Crippen molar-refractivity contribution in [2.24, 2.45) is 0 Å². The van der Waals surface area contributed by atoms with Crippen LogP contribution in [0.3, 0.4) is 0 Å². The molecule has 0 aromatic heterocycles. The predicted molar refractivity (Wildman–Crippen MR) is 81.0 cm³/mol. The summed E-state index contributed by atoms with van der Waals surface area (Å²) in [4.78, 5) is 14.6. The average Bonchev–Trinajstić information content (AvgIpc) is 2.46. The molecule has 1 unspecified atom stereocenters. The van der Waals surface area contributed by atoms with Gasteiger partial charge in [-0.15, -0.1) is 0 Å². The Balaban J connectivity index is 2.23. The van der Waals surface area contributed by atoms with Gasteiger partial charge in [0.15, 0.2) is 0 Å². The zero-order valence-corrected chi connectivity index (χ0v) is 12.3. The summed E-state index contributed by atoms with van der Waals surface area (Å²) in [5.41, 5.74) is 1.57. The van der Waals surface area contributed by atoms with Crippen LogP contribution in [0.5, 0.6) is 0 Å². The molecule has 1 aromatic carbocycles. The number of anilines is 1. The van der Waals surface area contributed by atoms with Gasteiger partial charge in [0, 0.05) is 18.3 Å². The van der Waals surface area contributed by atoms with Crippen molar-refractivity contribution in [1.29, 1.82) is 0 Å². The van der Waals surface area contributed by atoms with Gasteiger partial charge in [0.25, 0.3) is 5.91 Å². The Morgan fingerprint density at radius 3 is 2.85 bits per heavy atom. The zero-order valence-electron chi connectivity index (χ0n) is 12.3. The summed E-state index contributed by atoms with van der Waals surface area (Å²) < 4.78 is 0. The molecule has 1 amide bonds. The predicted octanol–water partition coefficient (Wildman–Crippen LogP) is 2.49. The van der Waals surface area contributed by atoms with Gasteiger partial charge in [-0.05, 0) is 45.2 Å². The molecule has 1 aliphatic heterocycles. The highest BCUT2D eigenvalue weighted by Gasteiger charge is 2.28. The minimum atomic E-state index is -0.0386. The number of hydrogen-bond acceptors (Lipinski definition) is 3. The first-order valence-electron chi connectivity index (χ1n) is 7.41. The Hall–Kier alpha value is -1.55. The fourth-order valence-corrected chi connectivity index (χ4v) is 2.72. The molecule has 110 valence electrons. The van der Waals surface area contributed by atoms with Crippen LogP contribution in [0.25, 0.3) is 0 Å². The molecule has 0 bridgehead atoms. The second kappa shape index (κ2) is 6.75. The third-order valence-corrected chi connectivity index (χ3v) is 3.70. The smallest absolute Gasteiger partial charge is 0.256 e. The fraction of sp³-hybridized carbons (Fsp3) is 0.562. The lowest BCUT2D eigenvalue weighted by Crippen LogP contribution is -2.45. The van der Waals surface area contributed by atoms with Gasteiger partial charge in [-0.1, -0.05) is 12.1 Å². The summed E-state index contributed by atoms with van der Waals surface area (Å²) in [7, 11) is 0. The van der Waals surface area contributed by atoms with Crippen molar-refractivity contribution in [2.75, 3.05) is 18.5 Å². The van der Waals surface area contributed by atoms with Gasteiger partial charge < -0.3 is 15.3 Å². The van der Waals surface area contributed by atoms with E-state index in [0.29, 0.717) is 5.56 Å². The van der Waals surface area contributed by atoms with E-state index < -0.39 is 0 Å². The topological polar surface area (TPSA) is 52.6 Å². The van der Waals surface area contributed by atoms with Crippen molar-refractivity contribution in [3.63, 3.8) is 0 Å². The van der Waals surface area contributed by atoms with Gasteiger partial charge in [-0.2, -0.15) is 0 Å². The van der Waals surface area contributed by atoms with Crippen LogP contribution < -0.4 is 5.32 Å². The molecule has 4 heteroatoms. The van der Waals surface area contributed by atoms with Crippen LogP contribution in [-0.4, -0.2) is 41.1 Å². The number of benzene rings is 1. The number of carbonyl (C=O) groups excluding carboxylic acids is 1. The van der Waals surface area contributed by atoms with E-state index in [1.807, 2.05) is 29.2 Å². The highest BCUT2D eigenvalue weighted by atomic mass is 16.3. The van der Waals surface area contributed by atoms with Gasteiger partial charge >= 0.3 is 0 Å². The van der Waals surface area contributed by atoms with Crippen molar-refractivity contribution in [3.8, 4) is 0 Å². The Morgan fingerprint density at radius 1 is 1.40 bits per heavy atom. The second-order valence-electron chi connectivity index (χ2n) is 5.68. The number of hydrogen-bond donors (Lipinski definition) is 2. The second-order valence-corrected chi connectivity index (χ2v) is 5.68. The highest BCUT2D eigenvalue weighted by Crippen LogP contribution is 2.23. The zero-order chi connectivity index (χ0) is 14.5. The molecule has 2 N–H and O–H groups in total. The largest absolute Gasteiger partial charge is 0.394 e. The molecule has 2 rings (SSSR count). The number of amides is 1. The lowest BCUT2D eigenvalue weighted by atomic mass is 10.0. The van der Waals surface area contributed by atoms with Crippen molar-refractivity contribution in [3.05, 3.63) is 29.8 Å². The molecule has 1 atom stereocenters. The van der Waals surface area contributed by atoms with Gasteiger partial charge in [-0.3, -0.25) is 4.79 Å². The number of rotatable bonds is 4. The standard InChI is InChI=1S/C16H24N2O2/c1-12(2)17-15-9-4-3-8-14(15)16(20)18-10-6-5-7-13(18)11-19/h3-4,8-9,12-13,17,19H,5-7,10-11H2,1-2H3. The number of aliphatic hydroxyl groups is 1.